The van der Waals surface area contributed by atoms with Crippen molar-refractivity contribution in [2.45, 2.75) is 26.5 Å². The molecule has 0 fully saturated rings. The van der Waals surface area contributed by atoms with E-state index in [4.69, 9.17) is 32.7 Å². The van der Waals surface area contributed by atoms with E-state index < -0.39 is 0 Å². The van der Waals surface area contributed by atoms with Crippen LogP contribution >= 0.6 is 23.2 Å². The lowest BCUT2D eigenvalue weighted by atomic mass is 10.1. The van der Waals surface area contributed by atoms with Gasteiger partial charge in [0.05, 0.1) is 7.11 Å². The van der Waals surface area contributed by atoms with Crippen molar-refractivity contribution in [1.82, 2.24) is 5.32 Å². The summed E-state index contributed by atoms with van der Waals surface area (Å²) in [4.78, 5) is 0. The van der Waals surface area contributed by atoms with Gasteiger partial charge in [-0.25, -0.2) is 0 Å². The minimum Gasteiger partial charge on any atom is -0.493 e. The predicted octanol–water partition coefficient (Wildman–Crippen LogP) is 6.22. The van der Waals surface area contributed by atoms with E-state index in [0.717, 1.165) is 29.1 Å². The van der Waals surface area contributed by atoms with Gasteiger partial charge in [-0.15, -0.1) is 0 Å². The average molecular weight is 430 g/mol. The third kappa shape index (κ3) is 6.40. The van der Waals surface area contributed by atoms with Gasteiger partial charge in [0, 0.05) is 22.7 Å². The number of ether oxygens (including phenoxy) is 2. The monoisotopic (exact) mass is 429 g/mol. The summed E-state index contributed by atoms with van der Waals surface area (Å²) < 4.78 is 11.5. The van der Waals surface area contributed by atoms with E-state index >= 15 is 0 Å². The number of benzene rings is 3. The largest absolute Gasteiger partial charge is 0.493 e. The maximum Gasteiger partial charge on any atom is 0.163 e. The van der Waals surface area contributed by atoms with Crippen LogP contribution in [0.3, 0.4) is 0 Å². The van der Waals surface area contributed by atoms with E-state index in [1.165, 1.54) is 11.1 Å². The number of aryl methyl sites for hydroxylation is 1. The van der Waals surface area contributed by atoms with Gasteiger partial charge in [-0.1, -0.05) is 65.2 Å². The van der Waals surface area contributed by atoms with Crippen LogP contribution in [0.4, 0.5) is 0 Å². The molecule has 3 nitrogen and oxygen atoms in total. The second-order valence-electron chi connectivity index (χ2n) is 6.92. The standard InChI is InChI=1S/C24H25Cl2NO2/c1-17-3-5-19(6-4-17)16-29-24-14-22(26)20(13-23(24)28-2)15-27-12-11-18-7-9-21(25)10-8-18/h3-10,13-14,27H,11-12,15-16H2,1-2H3. The predicted molar refractivity (Wildman–Crippen MR) is 120 cm³/mol. The zero-order valence-corrected chi connectivity index (χ0v) is 18.2. The zero-order chi connectivity index (χ0) is 20.6. The first-order chi connectivity index (χ1) is 14.0. The second kappa shape index (κ2) is 10.5. The van der Waals surface area contributed by atoms with Crippen molar-refractivity contribution in [3.05, 3.63) is 93.0 Å². The Kier molecular flexibility index (Phi) is 7.82. The normalized spacial score (nSPS) is 10.8. The van der Waals surface area contributed by atoms with E-state index in [0.29, 0.717) is 29.7 Å². The highest BCUT2D eigenvalue weighted by Crippen LogP contribution is 2.34. The Hall–Kier alpha value is -2.20. The molecule has 3 rings (SSSR count). The van der Waals surface area contributed by atoms with Crippen LogP contribution in [0.5, 0.6) is 11.5 Å². The third-order valence-corrected chi connectivity index (χ3v) is 5.27. The SMILES string of the molecule is COc1cc(CNCCc2ccc(Cl)cc2)c(Cl)cc1OCc1ccc(C)cc1. The molecule has 29 heavy (non-hydrogen) atoms. The molecule has 0 bridgehead atoms. The Labute approximate surface area is 182 Å². The van der Waals surface area contributed by atoms with Gasteiger partial charge in [-0.05, 0) is 54.8 Å². The van der Waals surface area contributed by atoms with Crippen molar-refractivity contribution >= 4 is 23.2 Å². The van der Waals surface area contributed by atoms with E-state index in [2.05, 4.69) is 36.5 Å². The molecular formula is C24H25Cl2NO2. The molecule has 0 aliphatic carbocycles. The van der Waals surface area contributed by atoms with Crippen LogP contribution in [-0.2, 0) is 19.6 Å². The third-order valence-electron chi connectivity index (χ3n) is 4.67. The summed E-state index contributed by atoms with van der Waals surface area (Å²) in [5.41, 5.74) is 4.54. The van der Waals surface area contributed by atoms with E-state index in [-0.39, 0.29) is 0 Å². The molecule has 0 saturated heterocycles. The van der Waals surface area contributed by atoms with Gasteiger partial charge in [0.2, 0.25) is 0 Å². The first-order valence-corrected chi connectivity index (χ1v) is 10.3. The maximum absolute atomic E-state index is 6.48. The molecule has 5 heteroatoms. The van der Waals surface area contributed by atoms with Crippen LogP contribution in [0.1, 0.15) is 22.3 Å². The molecule has 3 aromatic rings. The highest BCUT2D eigenvalue weighted by Gasteiger charge is 2.11. The van der Waals surface area contributed by atoms with Gasteiger partial charge in [-0.2, -0.15) is 0 Å². The Balaban J connectivity index is 1.57. The second-order valence-corrected chi connectivity index (χ2v) is 7.77. The van der Waals surface area contributed by atoms with Gasteiger partial charge >= 0.3 is 0 Å². The summed E-state index contributed by atoms with van der Waals surface area (Å²) >= 11 is 12.4. The Morgan fingerprint density at radius 2 is 1.55 bits per heavy atom. The molecular weight excluding hydrogens is 405 g/mol. The number of hydrogen-bond donors (Lipinski definition) is 1. The summed E-state index contributed by atoms with van der Waals surface area (Å²) in [7, 11) is 1.64. The van der Waals surface area contributed by atoms with Crippen molar-refractivity contribution in [2.75, 3.05) is 13.7 Å². The Morgan fingerprint density at radius 1 is 0.862 bits per heavy atom. The van der Waals surface area contributed by atoms with Gasteiger partial charge in [0.1, 0.15) is 6.61 Å². The highest BCUT2D eigenvalue weighted by atomic mass is 35.5. The number of rotatable bonds is 9. The molecule has 0 aromatic heterocycles. The molecule has 0 aliphatic heterocycles. The lowest BCUT2D eigenvalue weighted by Gasteiger charge is -2.14. The Bertz CT molecular complexity index is 925. The lowest BCUT2D eigenvalue weighted by Crippen LogP contribution is -2.17. The molecule has 0 radical (unpaired) electrons. The number of nitrogens with one attached hydrogen (secondary N) is 1. The summed E-state index contributed by atoms with van der Waals surface area (Å²) in [6.07, 6.45) is 0.920. The summed E-state index contributed by atoms with van der Waals surface area (Å²) in [5, 5.41) is 4.84. The summed E-state index contributed by atoms with van der Waals surface area (Å²) in [6, 6.07) is 19.9. The molecule has 0 saturated carbocycles. The topological polar surface area (TPSA) is 30.5 Å². The first-order valence-electron chi connectivity index (χ1n) is 9.55. The molecule has 0 amide bonds. The molecule has 0 spiro atoms. The van der Waals surface area contributed by atoms with E-state index in [1.807, 2.05) is 36.4 Å². The number of hydrogen-bond acceptors (Lipinski definition) is 3. The van der Waals surface area contributed by atoms with Gasteiger partial charge in [0.25, 0.3) is 0 Å². The molecule has 0 heterocycles. The van der Waals surface area contributed by atoms with Crippen LogP contribution in [0.25, 0.3) is 0 Å². The smallest absolute Gasteiger partial charge is 0.163 e. The van der Waals surface area contributed by atoms with Gasteiger partial charge in [-0.3, -0.25) is 0 Å². The fourth-order valence-electron chi connectivity index (χ4n) is 2.94. The van der Waals surface area contributed by atoms with Crippen LogP contribution in [0.15, 0.2) is 60.7 Å². The van der Waals surface area contributed by atoms with Crippen molar-refractivity contribution in [2.24, 2.45) is 0 Å². The number of halogens is 2. The average Bonchev–Trinajstić information content (AvgIpc) is 2.73. The van der Waals surface area contributed by atoms with Gasteiger partial charge in [0.15, 0.2) is 11.5 Å². The first kappa shape index (κ1) is 21.5. The van der Waals surface area contributed by atoms with Crippen LogP contribution < -0.4 is 14.8 Å². The van der Waals surface area contributed by atoms with Gasteiger partial charge < -0.3 is 14.8 Å². The van der Waals surface area contributed by atoms with E-state index in [1.54, 1.807) is 7.11 Å². The molecule has 0 unspecified atom stereocenters. The summed E-state index contributed by atoms with van der Waals surface area (Å²) in [5.74, 6) is 1.32. The lowest BCUT2D eigenvalue weighted by molar-refractivity contribution is 0.284. The quantitative estimate of drug-likeness (QED) is 0.409. The molecule has 152 valence electrons. The molecule has 0 atom stereocenters. The fraction of sp³-hybridized carbons (Fsp3) is 0.250. The van der Waals surface area contributed by atoms with E-state index in [9.17, 15) is 0 Å². The van der Waals surface area contributed by atoms with Crippen molar-refractivity contribution < 1.29 is 9.47 Å². The maximum atomic E-state index is 6.48. The molecule has 3 aromatic carbocycles. The minimum absolute atomic E-state index is 0.464. The minimum atomic E-state index is 0.464. The van der Waals surface area contributed by atoms with Crippen molar-refractivity contribution in [3.8, 4) is 11.5 Å². The molecule has 1 N–H and O–H groups in total. The number of methoxy groups -OCH3 is 1. The fourth-order valence-corrected chi connectivity index (χ4v) is 3.28. The van der Waals surface area contributed by atoms with Crippen LogP contribution in [0, 0.1) is 6.92 Å². The zero-order valence-electron chi connectivity index (χ0n) is 16.7. The van der Waals surface area contributed by atoms with Crippen molar-refractivity contribution in [1.29, 1.82) is 0 Å². The van der Waals surface area contributed by atoms with Crippen LogP contribution in [0.2, 0.25) is 10.0 Å². The van der Waals surface area contributed by atoms with Crippen molar-refractivity contribution in [3.63, 3.8) is 0 Å². The summed E-state index contributed by atoms with van der Waals surface area (Å²) in [6.45, 7) is 4.02. The highest BCUT2D eigenvalue weighted by molar-refractivity contribution is 6.31. The molecule has 0 aliphatic rings. The Morgan fingerprint density at radius 3 is 2.24 bits per heavy atom. The van der Waals surface area contributed by atoms with Crippen LogP contribution in [-0.4, -0.2) is 13.7 Å².